The number of aryl methyl sites for hydroxylation is 1. The van der Waals surface area contributed by atoms with Crippen LogP contribution in [0.2, 0.25) is 5.02 Å². The molecule has 0 saturated carbocycles. The average molecular weight is 345 g/mol. The number of halogens is 1. The first kappa shape index (κ1) is 16.6. The topological polar surface area (TPSA) is 54.9 Å². The van der Waals surface area contributed by atoms with Crippen LogP contribution in [0.25, 0.3) is 22.1 Å². The maximum atomic E-state index is 12.6. The summed E-state index contributed by atoms with van der Waals surface area (Å²) in [6.45, 7) is 2.46. The highest BCUT2D eigenvalue weighted by Gasteiger charge is 2.19. The molecule has 0 saturated heterocycles. The van der Waals surface area contributed by atoms with Crippen LogP contribution in [0.15, 0.2) is 45.6 Å². The van der Waals surface area contributed by atoms with E-state index >= 15 is 0 Å². The van der Waals surface area contributed by atoms with Gasteiger partial charge in [0.15, 0.2) is 5.58 Å². The van der Waals surface area contributed by atoms with Crippen molar-refractivity contribution >= 4 is 22.6 Å². The maximum absolute atomic E-state index is 12.6. The van der Waals surface area contributed by atoms with Crippen molar-refractivity contribution in [1.29, 1.82) is 0 Å². The van der Waals surface area contributed by atoms with E-state index in [-0.39, 0.29) is 5.75 Å². The highest BCUT2D eigenvalue weighted by atomic mass is 35.5. The van der Waals surface area contributed by atoms with Crippen LogP contribution in [0, 0.1) is 6.92 Å². The molecule has 0 aliphatic carbocycles. The average Bonchev–Trinajstić information content (AvgIpc) is 2.52. The van der Waals surface area contributed by atoms with Gasteiger partial charge in [0, 0.05) is 10.4 Å². The molecule has 3 rings (SSSR count). The number of fused-ring (bicyclic) bond motifs is 1. The fraction of sp³-hybridized carbons (Fsp3) is 0.211. The zero-order valence-corrected chi connectivity index (χ0v) is 14.6. The molecule has 0 radical (unpaired) electrons. The van der Waals surface area contributed by atoms with Crippen molar-refractivity contribution in [1.82, 2.24) is 0 Å². The van der Waals surface area contributed by atoms with Crippen molar-refractivity contribution in [2.45, 2.75) is 13.5 Å². The number of benzene rings is 2. The number of nitrogens with one attached hydrogen (secondary N) is 1. The third-order valence-electron chi connectivity index (χ3n) is 4.08. The van der Waals surface area contributed by atoms with Gasteiger partial charge in [-0.05, 0) is 42.3 Å². The standard InChI is InChI=1S/C19H18ClNO3/c1-11-14-8-9-16(22)15(10-21(2)3)18(14)24-19(23)17(11)12-4-6-13(20)7-5-12/h4-9,22H,10H2,1-3H3/p+1. The Kier molecular flexibility index (Phi) is 4.35. The molecule has 0 spiro atoms. The lowest BCUT2D eigenvalue weighted by molar-refractivity contribution is -0.872. The summed E-state index contributed by atoms with van der Waals surface area (Å²) in [4.78, 5) is 13.7. The largest absolute Gasteiger partial charge is 0.507 e. The Labute approximate surface area is 144 Å². The Bertz CT molecular complexity index is 959. The Hall–Kier alpha value is -2.30. The van der Waals surface area contributed by atoms with E-state index in [0.717, 1.165) is 21.4 Å². The second-order valence-corrected chi connectivity index (χ2v) is 6.66. The van der Waals surface area contributed by atoms with Gasteiger partial charge in [0.2, 0.25) is 0 Å². The molecule has 0 aliphatic rings. The van der Waals surface area contributed by atoms with Crippen LogP contribution in [0.5, 0.6) is 5.75 Å². The summed E-state index contributed by atoms with van der Waals surface area (Å²) >= 11 is 5.93. The number of rotatable bonds is 3. The zero-order valence-electron chi connectivity index (χ0n) is 13.8. The van der Waals surface area contributed by atoms with Crippen LogP contribution in [0.3, 0.4) is 0 Å². The van der Waals surface area contributed by atoms with Gasteiger partial charge in [0.1, 0.15) is 12.3 Å². The highest BCUT2D eigenvalue weighted by molar-refractivity contribution is 6.30. The Morgan fingerprint density at radius 2 is 1.79 bits per heavy atom. The van der Waals surface area contributed by atoms with Crippen LogP contribution in [0.1, 0.15) is 11.1 Å². The maximum Gasteiger partial charge on any atom is 0.344 e. The van der Waals surface area contributed by atoms with E-state index in [9.17, 15) is 9.90 Å². The Morgan fingerprint density at radius 3 is 2.42 bits per heavy atom. The fourth-order valence-electron chi connectivity index (χ4n) is 2.94. The molecule has 24 heavy (non-hydrogen) atoms. The second-order valence-electron chi connectivity index (χ2n) is 6.22. The van der Waals surface area contributed by atoms with Crippen molar-refractivity contribution in [3.05, 3.63) is 63.0 Å². The van der Waals surface area contributed by atoms with E-state index in [1.807, 2.05) is 21.0 Å². The molecule has 0 aliphatic heterocycles. The van der Waals surface area contributed by atoms with E-state index < -0.39 is 5.63 Å². The van der Waals surface area contributed by atoms with Crippen LogP contribution < -0.4 is 10.5 Å². The number of hydrogen-bond acceptors (Lipinski definition) is 3. The van der Waals surface area contributed by atoms with Gasteiger partial charge in [-0.3, -0.25) is 0 Å². The second kappa shape index (κ2) is 6.30. The minimum atomic E-state index is -0.414. The van der Waals surface area contributed by atoms with Crippen molar-refractivity contribution in [2.75, 3.05) is 14.1 Å². The third kappa shape index (κ3) is 2.90. The first-order chi connectivity index (χ1) is 11.4. The lowest BCUT2D eigenvalue weighted by Crippen LogP contribution is -3.04. The van der Waals surface area contributed by atoms with Gasteiger partial charge in [-0.2, -0.15) is 0 Å². The number of hydrogen-bond donors (Lipinski definition) is 2. The summed E-state index contributed by atoms with van der Waals surface area (Å²) in [6, 6.07) is 10.5. The summed E-state index contributed by atoms with van der Waals surface area (Å²) < 4.78 is 5.61. The zero-order chi connectivity index (χ0) is 17.4. The van der Waals surface area contributed by atoms with Crippen LogP contribution in [-0.4, -0.2) is 19.2 Å². The molecule has 1 heterocycles. The number of quaternary nitrogens is 1. The van der Waals surface area contributed by atoms with Crippen LogP contribution in [-0.2, 0) is 6.54 Å². The third-order valence-corrected chi connectivity index (χ3v) is 4.33. The van der Waals surface area contributed by atoms with E-state index in [0.29, 0.717) is 28.3 Å². The molecular weight excluding hydrogens is 326 g/mol. The van der Waals surface area contributed by atoms with Crippen LogP contribution >= 0.6 is 11.6 Å². The lowest BCUT2D eigenvalue weighted by atomic mass is 9.98. The summed E-state index contributed by atoms with van der Waals surface area (Å²) in [5.74, 6) is 0.144. The SMILES string of the molecule is Cc1c(-c2ccc(Cl)cc2)c(=O)oc2c(C[NH+](C)C)c(O)ccc12. The molecule has 0 amide bonds. The summed E-state index contributed by atoms with van der Waals surface area (Å²) in [6.07, 6.45) is 0. The van der Waals surface area contributed by atoms with Crippen molar-refractivity contribution in [3.8, 4) is 16.9 Å². The van der Waals surface area contributed by atoms with Gasteiger partial charge in [-0.25, -0.2) is 4.79 Å². The smallest absolute Gasteiger partial charge is 0.344 e. The van der Waals surface area contributed by atoms with Gasteiger partial charge >= 0.3 is 5.63 Å². The van der Waals surface area contributed by atoms with Gasteiger partial charge in [-0.15, -0.1) is 0 Å². The number of aromatic hydroxyl groups is 1. The Morgan fingerprint density at radius 1 is 1.12 bits per heavy atom. The van der Waals surface area contributed by atoms with Gasteiger partial charge < -0.3 is 14.4 Å². The van der Waals surface area contributed by atoms with E-state index in [4.69, 9.17) is 16.0 Å². The lowest BCUT2D eigenvalue weighted by Gasteiger charge is -2.13. The molecule has 0 fully saturated rings. The number of phenols is 1. The minimum Gasteiger partial charge on any atom is -0.507 e. The highest BCUT2D eigenvalue weighted by Crippen LogP contribution is 2.32. The normalized spacial score (nSPS) is 11.4. The molecule has 2 aromatic carbocycles. The monoisotopic (exact) mass is 344 g/mol. The van der Waals surface area contributed by atoms with E-state index in [1.54, 1.807) is 36.4 Å². The fourth-order valence-corrected chi connectivity index (χ4v) is 3.06. The van der Waals surface area contributed by atoms with Crippen molar-refractivity contribution < 1.29 is 14.4 Å². The summed E-state index contributed by atoms with van der Waals surface area (Å²) in [5.41, 5.74) is 2.81. The van der Waals surface area contributed by atoms with Crippen molar-refractivity contribution in [2.24, 2.45) is 0 Å². The first-order valence-electron chi connectivity index (χ1n) is 7.71. The molecule has 0 bridgehead atoms. The first-order valence-corrected chi connectivity index (χ1v) is 8.09. The molecular formula is C19H19ClNO3+. The molecule has 0 atom stereocenters. The van der Waals surface area contributed by atoms with Gasteiger partial charge in [0.25, 0.3) is 0 Å². The Balaban J connectivity index is 2.31. The molecule has 3 aromatic rings. The summed E-state index contributed by atoms with van der Waals surface area (Å²) in [5, 5.41) is 11.6. The molecule has 2 N–H and O–H groups in total. The molecule has 0 unspecified atom stereocenters. The molecule has 1 aromatic heterocycles. The number of phenolic OH excluding ortho intramolecular Hbond substituents is 1. The molecule has 4 nitrogen and oxygen atoms in total. The van der Waals surface area contributed by atoms with E-state index in [2.05, 4.69) is 0 Å². The molecule has 124 valence electrons. The quantitative estimate of drug-likeness (QED) is 0.718. The predicted molar refractivity (Wildman–Crippen MR) is 95.8 cm³/mol. The molecule has 5 heteroatoms. The minimum absolute atomic E-state index is 0.144. The van der Waals surface area contributed by atoms with E-state index in [1.165, 1.54) is 0 Å². The van der Waals surface area contributed by atoms with Crippen molar-refractivity contribution in [3.63, 3.8) is 0 Å². The predicted octanol–water partition coefficient (Wildman–Crippen LogP) is 2.77. The summed E-state index contributed by atoms with van der Waals surface area (Å²) in [7, 11) is 3.95. The van der Waals surface area contributed by atoms with Gasteiger partial charge in [-0.1, -0.05) is 23.7 Å². The van der Waals surface area contributed by atoms with Crippen LogP contribution in [0.4, 0.5) is 0 Å². The van der Waals surface area contributed by atoms with Gasteiger partial charge in [0.05, 0.1) is 25.2 Å².